The van der Waals surface area contributed by atoms with Crippen molar-refractivity contribution in [1.82, 2.24) is 0 Å². The summed E-state index contributed by atoms with van der Waals surface area (Å²) in [4.78, 5) is 30.5. The first-order valence-electron chi connectivity index (χ1n) is 8.17. The number of isocyanates is 2. The van der Waals surface area contributed by atoms with Crippen LogP contribution >= 0.6 is 0 Å². The van der Waals surface area contributed by atoms with Crippen LogP contribution in [0.4, 0.5) is 0 Å². The molecule has 0 spiro atoms. The monoisotopic (exact) mass is 290 g/mol. The molecule has 0 saturated heterocycles. The normalized spacial score (nSPS) is 30.8. The lowest BCUT2D eigenvalue weighted by Gasteiger charge is -2.50. The Balaban J connectivity index is 2.37. The second-order valence-electron chi connectivity index (χ2n) is 7.49. The molecule has 0 amide bonds. The van der Waals surface area contributed by atoms with E-state index in [4.69, 9.17) is 0 Å². The van der Waals surface area contributed by atoms with Gasteiger partial charge in [-0.15, -0.1) is 0 Å². The molecule has 2 aliphatic carbocycles. The Hall–Kier alpha value is -1.24. The summed E-state index contributed by atoms with van der Waals surface area (Å²) in [5, 5.41) is 0. The minimum atomic E-state index is -0.426. The Morgan fingerprint density at radius 3 is 1.95 bits per heavy atom. The number of rotatable bonds is 4. The molecule has 4 nitrogen and oxygen atoms in total. The number of carbonyl (C=O) groups excluding carboxylic acids is 2. The highest BCUT2D eigenvalue weighted by molar-refractivity contribution is 5.38. The minimum absolute atomic E-state index is 0.0501. The van der Waals surface area contributed by atoms with Crippen molar-refractivity contribution >= 4 is 12.2 Å². The van der Waals surface area contributed by atoms with Crippen LogP contribution in [0.15, 0.2) is 9.98 Å². The molecule has 1 unspecified atom stereocenters. The molecule has 0 aromatic rings. The molecule has 2 rings (SSSR count). The zero-order valence-corrected chi connectivity index (χ0v) is 13.3. The molecular weight excluding hydrogens is 264 g/mol. The van der Waals surface area contributed by atoms with E-state index in [-0.39, 0.29) is 11.0 Å². The van der Waals surface area contributed by atoms with Crippen molar-refractivity contribution in [1.29, 1.82) is 0 Å². The van der Waals surface area contributed by atoms with Crippen molar-refractivity contribution in [3.05, 3.63) is 0 Å². The van der Waals surface area contributed by atoms with Gasteiger partial charge in [0.25, 0.3) is 0 Å². The van der Waals surface area contributed by atoms with Gasteiger partial charge in [0.15, 0.2) is 0 Å². The molecule has 0 heterocycles. The predicted octanol–water partition coefficient (Wildman–Crippen LogP) is 4.09. The lowest BCUT2D eigenvalue weighted by Crippen LogP contribution is -2.51. The molecule has 0 N–H and O–H groups in total. The smallest absolute Gasteiger partial charge is 0.211 e. The highest BCUT2D eigenvalue weighted by Crippen LogP contribution is 2.52. The lowest BCUT2D eigenvalue weighted by molar-refractivity contribution is 0.0607. The second kappa shape index (κ2) is 6.25. The van der Waals surface area contributed by atoms with Gasteiger partial charge in [-0.25, -0.2) is 9.59 Å². The molecule has 0 radical (unpaired) electrons. The van der Waals surface area contributed by atoms with E-state index in [1.165, 1.54) is 12.8 Å². The first kappa shape index (κ1) is 16.1. The maximum absolute atomic E-state index is 11.1. The topological polar surface area (TPSA) is 58.9 Å². The van der Waals surface area contributed by atoms with E-state index < -0.39 is 5.54 Å². The van der Waals surface area contributed by atoms with Crippen LogP contribution in [0, 0.1) is 5.41 Å². The van der Waals surface area contributed by atoms with Gasteiger partial charge in [0, 0.05) is 0 Å². The lowest BCUT2D eigenvalue weighted by atomic mass is 9.58. The molecule has 0 aliphatic heterocycles. The van der Waals surface area contributed by atoms with E-state index in [0.29, 0.717) is 6.42 Å². The maximum atomic E-state index is 11.1. The Morgan fingerprint density at radius 1 is 0.810 bits per heavy atom. The van der Waals surface area contributed by atoms with Crippen LogP contribution in [0.1, 0.15) is 78.1 Å². The van der Waals surface area contributed by atoms with Crippen LogP contribution in [-0.2, 0) is 9.59 Å². The van der Waals surface area contributed by atoms with E-state index in [9.17, 15) is 9.59 Å². The van der Waals surface area contributed by atoms with Crippen molar-refractivity contribution in [3.8, 4) is 0 Å². The van der Waals surface area contributed by atoms with Gasteiger partial charge in [-0.2, -0.15) is 9.98 Å². The average Bonchev–Trinajstić information content (AvgIpc) is 2.44. The number of nitrogens with zero attached hydrogens (tertiary/aromatic N) is 2. The molecular formula is C17H26N2O2. The largest absolute Gasteiger partial charge is 0.235 e. The summed E-state index contributed by atoms with van der Waals surface area (Å²) < 4.78 is 0. The first-order chi connectivity index (χ1) is 9.99. The number of hydrogen-bond acceptors (Lipinski definition) is 4. The van der Waals surface area contributed by atoms with Crippen molar-refractivity contribution < 1.29 is 9.59 Å². The Morgan fingerprint density at radius 2 is 1.38 bits per heavy atom. The minimum Gasteiger partial charge on any atom is -0.211 e. The zero-order chi connectivity index (χ0) is 15.4. The van der Waals surface area contributed by atoms with Crippen LogP contribution < -0.4 is 0 Å². The summed E-state index contributed by atoms with van der Waals surface area (Å²) in [5.41, 5.74) is -0.842. The molecule has 1 atom stereocenters. The summed E-state index contributed by atoms with van der Waals surface area (Å²) in [6.45, 7) is 4.38. The van der Waals surface area contributed by atoms with E-state index in [0.717, 1.165) is 44.9 Å². The van der Waals surface area contributed by atoms with Crippen LogP contribution in [0.5, 0.6) is 0 Å². The van der Waals surface area contributed by atoms with Gasteiger partial charge in [-0.3, -0.25) is 0 Å². The van der Waals surface area contributed by atoms with Crippen molar-refractivity contribution in [3.63, 3.8) is 0 Å². The standard InChI is InChI=1S/C17H26N2O2/c1-15(2)8-6-7-11-17(15,19-14-21)12-16(18-13-20)9-4-3-5-10-16/h3-12H2,1-2H3. The van der Waals surface area contributed by atoms with Gasteiger partial charge in [-0.05, 0) is 37.5 Å². The summed E-state index contributed by atoms with van der Waals surface area (Å²) in [6, 6.07) is 0. The third-order valence-corrected chi connectivity index (χ3v) is 5.85. The van der Waals surface area contributed by atoms with Gasteiger partial charge < -0.3 is 0 Å². The van der Waals surface area contributed by atoms with Crippen LogP contribution in [-0.4, -0.2) is 23.2 Å². The molecule has 2 aliphatic rings. The quantitative estimate of drug-likeness (QED) is 0.578. The Bertz CT molecular complexity index is 467. The highest BCUT2D eigenvalue weighted by atomic mass is 16.1. The van der Waals surface area contributed by atoms with E-state index >= 15 is 0 Å². The Kier molecular flexibility index (Phi) is 4.81. The molecule has 21 heavy (non-hydrogen) atoms. The van der Waals surface area contributed by atoms with Crippen molar-refractivity contribution in [2.75, 3.05) is 0 Å². The van der Waals surface area contributed by atoms with Crippen LogP contribution in [0.25, 0.3) is 0 Å². The summed E-state index contributed by atoms with van der Waals surface area (Å²) in [7, 11) is 0. The summed E-state index contributed by atoms with van der Waals surface area (Å²) in [6.07, 6.45) is 13.7. The third-order valence-electron chi connectivity index (χ3n) is 5.85. The number of aliphatic imine (C=N–C) groups is 2. The predicted molar refractivity (Wildman–Crippen MR) is 81.7 cm³/mol. The molecule has 0 bridgehead atoms. The maximum Gasteiger partial charge on any atom is 0.235 e. The van der Waals surface area contributed by atoms with Crippen molar-refractivity contribution in [2.45, 2.75) is 89.1 Å². The molecule has 2 saturated carbocycles. The highest BCUT2D eigenvalue weighted by Gasteiger charge is 2.52. The van der Waals surface area contributed by atoms with Gasteiger partial charge in [0.05, 0.1) is 11.1 Å². The molecule has 116 valence electrons. The van der Waals surface area contributed by atoms with Gasteiger partial charge in [0.2, 0.25) is 12.2 Å². The third kappa shape index (κ3) is 3.17. The fourth-order valence-electron chi connectivity index (χ4n) is 4.40. The molecule has 0 aromatic carbocycles. The molecule has 2 fully saturated rings. The zero-order valence-electron chi connectivity index (χ0n) is 13.3. The van der Waals surface area contributed by atoms with E-state index in [1.807, 2.05) is 6.08 Å². The average molecular weight is 290 g/mol. The van der Waals surface area contributed by atoms with E-state index in [1.54, 1.807) is 6.08 Å². The van der Waals surface area contributed by atoms with Crippen LogP contribution in [0.2, 0.25) is 0 Å². The number of hydrogen-bond donors (Lipinski definition) is 0. The summed E-state index contributed by atoms with van der Waals surface area (Å²) in [5.74, 6) is 0. The van der Waals surface area contributed by atoms with E-state index in [2.05, 4.69) is 23.8 Å². The van der Waals surface area contributed by atoms with Crippen molar-refractivity contribution in [2.24, 2.45) is 15.4 Å². The summed E-state index contributed by atoms with van der Waals surface area (Å²) >= 11 is 0. The molecule has 0 aromatic heterocycles. The first-order valence-corrected chi connectivity index (χ1v) is 8.17. The molecule has 4 heteroatoms. The second-order valence-corrected chi connectivity index (χ2v) is 7.49. The van der Waals surface area contributed by atoms with Crippen LogP contribution in [0.3, 0.4) is 0 Å². The fourth-order valence-corrected chi connectivity index (χ4v) is 4.40. The van der Waals surface area contributed by atoms with Gasteiger partial charge in [0.1, 0.15) is 0 Å². The van der Waals surface area contributed by atoms with Gasteiger partial charge >= 0.3 is 0 Å². The fraction of sp³-hybridized carbons (Fsp3) is 0.882. The van der Waals surface area contributed by atoms with Gasteiger partial charge in [-0.1, -0.05) is 46.0 Å². The SMILES string of the molecule is CC1(C)CCCCC1(CC1(N=C=O)CCCCC1)N=C=O. The Labute approximate surface area is 127 Å².